The van der Waals surface area contributed by atoms with E-state index in [1.54, 1.807) is 12.1 Å². The Labute approximate surface area is 130 Å². The minimum atomic E-state index is -3.89. The highest BCUT2D eigenvalue weighted by Gasteiger charge is 2.41. The normalized spacial score (nSPS) is 18.5. The van der Waals surface area contributed by atoms with Crippen LogP contribution in [0.5, 0.6) is 0 Å². The van der Waals surface area contributed by atoms with Crippen molar-refractivity contribution in [2.75, 3.05) is 0 Å². The van der Waals surface area contributed by atoms with Crippen molar-refractivity contribution in [3.63, 3.8) is 0 Å². The van der Waals surface area contributed by atoms with Gasteiger partial charge in [-0.3, -0.25) is 4.79 Å². The molecule has 1 aromatic rings. The van der Waals surface area contributed by atoms with E-state index in [0.717, 1.165) is 16.2 Å². The van der Waals surface area contributed by atoms with Crippen molar-refractivity contribution in [1.82, 2.24) is 4.31 Å². The van der Waals surface area contributed by atoms with Crippen LogP contribution in [-0.2, 0) is 19.6 Å². The maximum atomic E-state index is 12.7. The van der Waals surface area contributed by atoms with Crippen LogP contribution in [0.15, 0.2) is 41.3 Å². The van der Waals surface area contributed by atoms with Gasteiger partial charge >= 0.3 is 0 Å². The van der Waals surface area contributed by atoms with E-state index in [1.165, 1.54) is 12.1 Å². The largest absolute Gasteiger partial charge is 0.303 e. The SMILES string of the molecule is C=C(CCC=O)C1CCC(=O)N1S(=O)(=O)c1ccc(C)cc1. The van der Waals surface area contributed by atoms with Gasteiger partial charge in [-0.05, 0) is 31.9 Å². The summed E-state index contributed by atoms with van der Waals surface area (Å²) in [5.41, 5.74) is 1.55. The molecule has 22 heavy (non-hydrogen) atoms. The molecule has 0 bridgehead atoms. The average molecular weight is 321 g/mol. The van der Waals surface area contributed by atoms with E-state index in [9.17, 15) is 18.0 Å². The number of rotatable bonds is 6. The Balaban J connectivity index is 2.34. The molecule has 0 N–H and O–H groups in total. The predicted octanol–water partition coefficient (Wildman–Crippen LogP) is 2.21. The van der Waals surface area contributed by atoms with Gasteiger partial charge in [0.05, 0.1) is 10.9 Å². The quantitative estimate of drug-likeness (QED) is 0.595. The van der Waals surface area contributed by atoms with Gasteiger partial charge in [0.1, 0.15) is 6.29 Å². The zero-order valence-electron chi connectivity index (χ0n) is 12.5. The van der Waals surface area contributed by atoms with Crippen molar-refractivity contribution >= 4 is 22.2 Å². The highest BCUT2D eigenvalue weighted by Crippen LogP contribution is 2.32. The number of sulfonamides is 1. The molecule has 1 fully saturated rings. The molecule has 2 rings (SSSR count). The van der Waals surface area contributed by atoms with Crippen LogP contribution >= 0.6 is 0 Å². The van der Waals surface area contributed by atoms with Gasteiger partial charge in [0.2, 0.25) is 5.91 Å². The first-order valence-electron chi connectivity index (χ1n) is 7.13. The number of nitrogens with zero attached hydrogens (tertiary/aromatic N) is 1. The Morgan fingerprint density at radius 1 is 1.36 bits per heavy atom. The lowest BCUT2D eigenvalue weighted by Crippen LogP contribution is -2.39. The maximum Gasteiger partial charge on any atom is 0.267 e. The maximum absolute atomic E-state index is 12.7. The fraction of sp³-hybridized carbons (Fsp3) is 0.375. The van der Waals surface area contributed by atoms with E-state index in [-0.39, 0.29) is 17.7 Å². The van der Waals surface area contributed by atoms with Crippen LogP contribution in [-0.4, -0.2) is 31.0 Å². The van der Waals surface area contributed by atoms with Gasteiger partial charge in [0.15, 0.2) is 0 Å². The van der Waals surface area contributed by atoms with Crippen molar-refractivity contribution in [2.45, 2.75) is 43.5 Å². The molecule has 0 radical (unpaired) electrons. The standard InChI is InChI=1S/C16H19NO4S/c1-12-5-7-14(8-6-12)22(20,21)17-15(9-10-16(17)19)13(2)4-3-11-18/h5-8,11,15H,2-4,9-10H2,1H3. The Morgan fingerprint density at radius 2 is 2.00 bits per heavy atom. The summed E-state index contributed by atoms with van der Waals surface area (Å²) in [5.74, 6) is -0.419. The monoisotopic (exact) mass is 321 g/mol. The van der Waals surface area contributed by atoms with E-state index < -0.39 is 22.0 Å². The third-order valence-corrected chi connectivity index (χ3v) is 5.64. The molecule has 0 aromatic heterocycles. The highest BCUT2D eigenvalue weighted by atomic mass is 32.2. The van der Waals surface area contributed by atoms with Crippen LogP contribution < -0.4 is 0 Å². The zero-order chi connectivity index (χ0) is 16.3. The molecule has 118 valence electrons. The third-order valence-electron chi connectivity index (χ3n) is 3.79. The number of aldehydes is 1. The first-order chi connectivity index (χ1) is 10.4. The summed E-state index contributed by atoms with van der Waals surface area (Å²) in [6.07, 6.45) is 2.03. The van der Waals surface area contributed by atoms with Crippen LogP contribution in [0.1, 0.15) is 31.2 Å². The summed E-state index contributed by atoms with van der Waals surface area (Å²) in [6.45, 7) is 5.73. The topological polar surface area (TPSA) is 71.5 Å². The Hall–Kier alpha value is -1.95. The number of carbonyl (C=O) groups excluding carboxylic acids is 2. The second kappa shape index (κ2) is 6.44. The molecular weight excluding hydrogens is 302 g/mol. The number of carbonyl (C=O) groups is 2. The molecule has 1 saturated heterocycles. The van der Waals surface area contributed by atoms with E-state index in [2.05, 4.69) is 6.58 Å². The van der Waals surface area contributed by atoms with Crippen molar-refractivity contribution in [3.05, 3.63) is 42.0 Å². The molecule has 1 heterocycles. The number of hydrogen-bond donors (Lipinski definition) is 0. The molecule has 0 aliphatic carbocycles. The smallest absolute Gasteiger partial charge is 0.267 e. The average Bonchev–Trinajstić information content (AvgIpc) is 2.88. The first-order valence-corrected chi connectivity index (χ1v) is 8.57. The Kier molecular flexibility index (Phi) is 4.81. The van der Waals surface area contributed by atoms with E-state index >= 15 is 0 Å². The number of aryl methyl sites for hydroxylation is 1. The molecule has 1 aromatic carbocycles. The highest BCUT2D eigenvalue weighted by molar-refractivity contribution is 7.89. The summed E-state index contributed by atoms with van der Waals surface area (Å²) in [6, 6.07) is 5.84. The minimum Gasteiger partial charge on any atom is -0.303 e. The van der Waals surface area contributed by atoms with Gasteiger partial charge in [0, 0.05) is 12.8 Å². The number of benzene rings is 1. The van der Waals surface area contributed by atoms with Crippen LogP contribution in [0.4, 0.5) is 0 Å². The van der Waals surface area contributed by atoms with Crippen molar-refractivity contribution < 1.29 is 18.0 Å². The third kappa shape index (κ3) is 3.11. The second-order valence-corrected chi connectivity index (χ2v) is 7.24. The molecule has 1 amide bonds. The van der Waals surface area contributed by atoms with Crippen molar-refractivity contribution in [1.29, 1.82) is 0 Å². The van der Waals surface area contributed by atoms with Crippen molar-refractivity contribution in [3.8, 4) is 0 Å². The first kappa shape index (κ1) is 16.4. The molecule has 1 aliphatic heterocycles. The fourth-order valence-electron chi connectivity index (χ4n) is 2.57. The van der Waals surface area contributed by atoms with Crippen LogP contribution in [0.25, 0.3) is 0 Å². The molecule has 1 aliphatic rings. The van der Waals surface area contributed by atoms with E-state index in [1.807, 2.05) is 6.92 Å². The second-order valence-electron chi connectivity index (χ2n) is 5.43. The van der Waals surface area contributed by atoms with Gasteiger partial charge < -0.3 is 4.79 Å². The Morgan fingerprint density at radius 3 is 2.59 bits per heavy atom. The van der Waals surface area contributed by atoms with Gasteiger partial charge in [-0.2, -0.15) is 0 Å². The van der Waals surface area contributed by atoms with E-state index in [4.69, 9.17) is 0 Å². The molecule has 5 nitrogen and oxygen atoms in total. The summed E-state index contributed by atoms with van der Waals surface area (Å²) < 4.78 is 26.4. The van der Waals surface area contributed by atoms with Crippen LogP contribution in [0, 0.1) is 6.92 Å². The lowest BCUT2D eigenvalue weighted by molar-refractivity contribution is -0.124. The molecular formula is C16H19NO4S. The van der Waals surface area contributed by atoms with Crippen molar-refractivity contribution in [2.24, 2.45) is 0 Å². The van der Waals surface area contributed by atoms with E-state index in [0.29, 0.717) is 18.4 Å². The fourth-order valence-corrected chi connectivity index (χ4v) is 4.22. The summed E-state index contributed by atoms with van der Waals surface area (Å²) in [4.78, 5) is 22.7. The van der Waals surface area contributed by atoms with Gasteiger partial charge in [-0.1, -0.05) is 29.8 Å². The zero-order valence-corrected chi connectivity index (χ0v) is 13.3. The van der Waals surface area contributed by atoms with Crippen LogP contribution in [0.3, 0.4) is 0 Å². The molecule has 0 saturated carbocycles. The summed E-state index contributed by atoms with van der Waals surface area (Å²) in [7, 11) is -3.89. The number of hydrogen-bond acceptors (Lipinski definition) is 4. The number of amides is 1. The lowest BCUT2D eigenvalue weighted by atomic mass is 10.0. The molecule has 1 atom stereocenters. The van der Waals surface area contributed by atoms with Gasteiger partial charge in [-0.15, -0.1) is 0 Å². The summed E-state index contributed by atoms with van der Waals surface area (Å²) in [5, 5.41) is 0. The van der Waals surface area contributed by atoms with Gasteiger partial charge in [0.25, 0.3) is 10.0 Å². The summed E-state index contributed by atoms with van der Waals surface area (Å²) >= 11 is 0. The minimum absolute atomic E-state index is 0.0986. The molecule has 6 heteroatoms. The lowest BCUT2D eigenvalue weighted by Gasteiger charge is -2.26. The Bertz CT molecular complexity index is 691. The predicted molar refractivity (Wildman–Crippen MR) is 82.7 cm³/mol. The molecule has 0 spiro atoms. The van der Waals surface area contributed by atoms with Gasteiger partial charge in [-0.25, -0.2) is 12.7 Å². The molecule has 1 unspecified atom stereocenters. The van der Waals surface area contributed by atoms with Crippen LogP contribution in [0.2, 0.25) is 0 Å².